The molecule has 37 heavy (non-hydrogen) atoms. The zero-order valence-corrected chi connectivity index (χ0v) is 23.1. The second kappa shape index (κ2) is 9.25. The number of aliphatic hydroxyl groups excluding tert-OH is 1. The number of esters is 1. The Balaban J connectivity index is 1.65. The molecule has 0 atom stereocenters. The van der Waals surface area contributed by atoms with Gasteiger partial charge >= 0.3 is 5.97 Å². The molecule has 3 aromatic rings. The minimum atomic E-state index is -0.456. The molecule has 0 spiro atoms. The number of nitrogens with zero attached hydrogens (tertiary/aromatic N) is 1. The molecule has 1 heterocycles. The number of Topliss-reactive ketones (excluding diaryl/α,β-unsaturated/α-hetero) is 1. The van der Waals surface area contributed by atoms with Crippen molar-refractivity contribution in [2.45, 2.75) is 53.4 Å². The SMILES string of the molecule is CC1(C)CC(=O)c2c(nc3c(/c2=C/c2cccc(OC(=O)c4cccc(Br)c4)c2)=C(O)CC(C)(C)C3)C1. The van der Waals surface area contributed by atoms with E-state index in [-0.39, 0.29) is 22.4 Å². The predicted octanol–water partition coefficient (Wildman–Crippen LogP) is 5.69. The number of hydrogen-bond donors (Lipinski definition) is 1. The van der Waals surface area contributed by atoms with Crippen LogP contribution in [0.5, 0.6) is 5.75 Å². The molecule has 0 saturated carbocycles. The van der Waals surface area contributed by atoms with Crippen LogP contribution in [0, 0.1) is 10.8 Å². The molecule has 0 unspecified atom stereocenters. The summed E-state index contributed by atoms with van der Waals surface area (Å²) in [4.78, 5) is 31.0. The van der Waals surface area contributed by atoms with E-state index < -0.39 is 5.97 Å². The number of carbonyl (C=O) groups is 2. The van der Waals surface area contributed by atoms with E-state index in [4.69, 9.17) is 9.72 Å². The molecule has 0 bridgehead atoms. The summed E-state index contributed by atoms with van der Waals surface area (Å²) >= 11 is 3.38. The third kappa shape index (κ3) is 5.26. The van der Waals surface area contributed by atoms with E-state index >= 15 is 0 Å². The molecule has 1 aromatic heterocycles. The minimum Gasteiger partial charge on any atom is -0.512 e. The van der Waals surface area contributed by atoms with Gasteiger partial charge in [-0.15, -0.1) is 0 Å². The maximum absolute atomic E-state index is 13.4. The highest BCUT2D eigenvalue weighted by Gasteiger charge is 2.36. The third-order valence-corrected chi connectivity index (χ3v) is 7.46. The molecule has 0 aliphatic heterocycles. The Morgan fingerprint density at radius 1 is 0.973 bits per heavy atom. The van der Waals surface area contributed by atoms with Gasteiger partial charge in [-0.1, -0.05) is 61.8 Å². The molecule has 2 aliphatic carbocycles. The van der Waals surface area contributed by atoms with Gasteiger partial charge in [-0.25, -0.2) is 4.79 Å². The fraction of sp³-hybridized carbons (Fsp3) is 0.323. The summed E-state index contributed by atoms with van der Waals surface area (Å²) in [5.41, 5.74) is 3.15. The highest BCUT2D eigenvalue weighted by atomic mass is 79.9. The molecule has 0 amide bonds. The number of halogens is 1. The van der Waals surface area contributed by atoms with E-state index in [0.29, 0.717) is 46.6 Å². The van der Waals surface area contributed by atoms with Gasteiger partial charge in [-0.3, -0.25) is 9.78 Å². The third-order valence-electron chi connectivity index (χ3n) is 6.97. The number of hydrogen-bond acceptors (Lipinski definition) is 5. The summed E-state index contributed by atoms with van der Waals surface area (Å²) in [6.45, 7) is 8.42. The zero-order chi connectivity index (χ0) is 26.5. The van der Waals surface area contributed by atoms with Crippen molar-refractivity contribution in [3.8, 4) is 5.75 Å². The van der Waals surface area contributed by atoms with E-state index in [1.165, 1.54) is 0 Å². The zero-order valence-electron chi connectivity index (χ0n) is 21.5. The lowest BCUT2D eigenvalue weighted by Gasteiger charge is -2.33. The first-order valence-electron chi connectivity index (χ1n) is 12.5. The number of aromatic nitrogens is 1. The van der Waals surface area contributed by atoms with Crippen molar-refractivity contribution in [3.63, 3.8) is 0 Å². The number of pyridine rings is 1. The monoisotopic (exact) mass is 559 g/mol. The second-order valence-electron chi connectivity index (χ2n) is 11.7. The first-order chi connectivity index (χ1) is 17.4. The summed E-state index contributed by atoms with van der Waals surface area (Å²) in [6, 6.07) is 14.2. The number of aliphatic hydroxyl groups is 1. The van der Waals surface area contributed by atoms with Crippen molar-refractivity contribution in [2.75, 3.05) is 0 Å². The molecular weight excluding hydrogens is 530 g/mol. The fourth-order valence-corrected chi connectivity index (χ4v) is 5.86. The molecule has 6 heteroatoms. The van der Waals surface area contributed by atoms with Crippen LogP contribution in [0.4, 0.5) is 0 Å². The Morgan fingerprint density at radius 3 is 2.43 bits per heavy atom. The van der Waals surface area contributed by atoms with E-state index in [1.807, 2.05) is 24.3 Å². The molecule has 1 N–H and O–H groups in total. The number of ketones is 1. The first-order valence-corrected chi connectivity index (χ1v) is 13.3. The minimum absolute atomic E-state index is 0.0441. The molecule has 0 saturated heterocycles. The lowest BCUT2D eigenvalue weighted by atomic mass is 9.73. The number of rotatable bonds is 3. The van der Waals surface area contributed by atoms with E-state index in [1.54, 1.807) is 30.3 Å². The summed E-state index contributed by atoms with van der Waals surface area (Å²) in [5, 5.41) is 12.5. The molecule has 0 radical (unpaired) electrons. The number of ether oxygens (including phenoxy) is 1. The van der Waals surface area contributed by atoms with Crippen LogP contribution >= 0.6 is 15.9 Å². The van der Waals surface area contributed by atoms with Gasteiger partial charge in [0.05, 0.1) is 17.0 Å². The summed E-state index contributed by atoms with van der Waals surface area (Å²) in [6.07, 6.45) is 4.29. The fourth-order valence-electron chi connectivity index (χ4n) is 5.46. The van der Waals surface area contributed by atoms with Gasteiger partial charge in [0, 0.05) is 33.3 Å². The van der Waals surface area contributed by atoms with Gasteiger partial charge in [-0.05, 0) is 65.6 Å². The van der Waals surface area contributed by atoms with Gasteiger partial charge in [0.25, 0.3) is 0 Å². The van der Waals surface area contributed by atoms with Crippen LogP contribution in [0.2, 0.25) is 0 Å². The van der Waals surface area contributed by atoms with Crippen LogP contribution in [0.1, 0.15) is 78.2 Å². The average Bonchev–Trinajstić information content (AvgIpc) is 2.76. The van der Waals surface area contributed by atoms with Gasteiger partial charge < -0.3 is 9.84 Å². The Hall–Kier alpha value is -3.25. The molecule has 0 fully saturated rings. The molecule has 5 nitrogen and oxygen atoms in total. The Labute approximate surface area is 225 Å². The summed E-state index contributed by atoms with van der Waals surface area (Å²) < 4.78 is 6.44. The van der Waals surface area contributed by atoms with Crippen LogP contribution in [0.15, 0.2) is 53.0 Å². The van der Waals surface area contributed by atoms with E-state index in [0.717, 1.165) is 27.8 Å². The second-order valence-corrected chi connectivity index (χ2v) is 12.6. The van der Waals surface area contributed by atoms with Crippen LogP contribution in [0.3, 0.4) is 0 Å². The Morgan fingerprint density at radius 2 is 1.68 bits per heavy atom. The Bertz CT molecular complexity index is 1570. The van der Waals surface area contributed by atoms with E-state index in [2.05, 4.69) is 43.6 Å². The van der Waals surface area contributed by atoms with Crippen molar-refractivity contribution in [1.82, 2.24) is 4.98 Å². The van der Waals surface area contributed by atoms with Crippen molar-refractivity contribution < 1.29 is 19.4 Å². The van der Waals surface area contributed by atoms with Crippen LogP contribution in [0.25, 0.3) is 11.8 Å². The van der Waals surface area contributed by atoms with Crippen molar-refractivity contribution in [2.24, 2.45) is 10.8 Å². The molecule has 2 aromatic carbocycles. The van der Waals surface area contributed by atoms with Crippen LogP contribution < -0.4 is 15.2 Å². The normalized spacial score (nSPS) is 18.2. The maximum Gasteiger partial charge on any atom is 0.343 e. The van der Waals surface area contributed by atoms with Crippen molar-refractivity contribution in [3.05, 3.63) is 91.5 Å². The number of benzene rings is 2. The molecular formula is C31H30BrNO4. The first kappa shape index (κ1) is 25.4. The predicted molar refractivity (Wildman–Crippen MR) is 147 cm³/mol. The molecule has 190 valence electrons. The molecule has 5 rings (SSSR count). The molecule has 2 aliphatic rings. The van der Waals surface area contributed by atoms with Gasteiger partial charge in [0.15, 0.2) is 5.78 Å². The number of fused-ring (bicyclic) bond motifs is 2. The average molecular weight is 560 g/mol. The van der Waals surface area contributed by atoms with Crippen molar-refractivity contribution in [1.29, 1.82) is 0 Å². The topological polar surface area (TPSA) is 76.5 Å². The van der Waals surface area contributed by atoms with Gasteiger partial charge in [0.2, 0.25) is 0 Å². The van der Waals surface area contributed by atoms with Gasteiger partial charge in [0.1, 0.15) is 11.5 Å². The lowest BCUT2D eigenvalue weighted by molar-refractivity contribution is 0.0734. The number of carbonyl (C=O) groups excluding carboxylic acids is 2. The van der Waals surface area contributed by atoms with Crippen LogP contribution in [-0.4, -0.2) is 21.8 Å². The lowest BCUT2D eigenvalue weighted by Crippen LogP contribution is -2.46. The smallest absolute Gasteiger partial charge is 0.343 e. The summed E-state index contributed by atoms with van der Waals surface area (Å²) in [5.74, 6) is 0.255. The standard InChI is InChI=1S/C31H30BrNO4/c1-30(2)14-23-27(25(34)16-30)22(28-24(33-23)15-31(3,4)17-26(28)35)12-18-7-5-10-21(11-18)37-29(36)19-8-6-9-20(32)13-19/h5-13,34H,14-17H2,1-4H3/b22-12-. The largest absolute Gasteiger partial charge is 0.512 e. The van der Waals surface area contributed by atoms with E-state index in [9.17, 15) is 14.7 Å². The highest BCUT2D eigenvalue weighted by molar-refractivity contribution is 9.10. The van der Waals surface area contributed by atoms with Gasteiger partial charge in [-0.2, -0.15) is 0 Å². The quantitative estimate of drug-likeness (QED) is 0.329. The van der Waals surface area contributed by atoms with Crippen LogP contribution in [-0.2, 0) is 12.8 Å². The van der Waals surface area contributed by atoms with Crippen molar-refractivity contribution >= 4 is 39.5 Å². The Kier molecular flexibility index (Phi) is 6.35. The maximum atomic E-state index is 13.4. The highest BCUT2D eigenvalue weighted by Crippen LogP contribution is 2.35. The summed E-state index contributed by atoms with van der Waals surface area (Å²) in [7, 11) is 0.